The quantitative estimate of drug-likeness (QED) is 0.0204. The molecule has 2 saturated heterocycles. The van der Waals surface area contributed by atoms with Gasteiger partial charge in [-0.25, -0.2) is 0 Å². The molecule has 14 heteroatoms. The Kier molecular flexibility index (Phi) is 63.5. The molecule has 1 amide bonds. The van der Waals surface area contributed by atoms with Gasteiger partial charge in [0.15, 0.2) is 12.6 Å². The minimum absolute atomic E-state index is 0.253. The highest BCUT2D eigenvalue weighted by molar-refractivity contribution is 5.76. The predicted octanol–water partition coefficient (Wildman–Crippen LogP) is 18.7. The van der Waals surface area contributed by atoms with Crippen molar-refractivity contribution in [3.05, 3.63) is 146 Å². The third kappa shape index (κ3) is 51.7. The highest BCUT2D eigenvalue weighted by Gasteiger charge is 2.51. The molecule has 2 rings (SSSR count). The van der Waals surface area contributed by atoms with Crippen LogP contribution in [0.5, 0.6) is 0 Å². The number of carbonyl (C=O) groups is 1. The third-order valence-corrected chi connectivity index (χ3v) is 18.8. The number of hydrogen-bond acceptors (Lipinski definition) is 13. The van der Waals surface area contributed by atoms with Gasteiger partial charge in [0, 0.05) is 6.42 Å². The number of unbranched alkanes of at least 4 members (excludes halogenated alkanes) is 31. The maximum atomic E-state index is 13.4. The van der Waals surface area contributed by atoms with Crippen molar-refractivity contribution in [1.29, 1.82) is 0 Å². The van der Waals surface area contributed by atoms with Crippen molar-refractivity contribution < 1.29 is 64.6 Å². The molecular formula is C87H147NO13. The third-order valence-electron chi connectivity index (χ3n) is 18.8. The molecule has 0 bridgehead atoms. The highest BCUT2D eigenvalue weighted by atomic mass is 16.7. The van der Waals surface area contributed by atoms with Gasteiger partial charge >= 0.3 is 0 Å². The molecule has 101 heavy (non-hydrogen) atoms. The number of allylic oxidation sites excluding steroid dienone is 23. The van der Waals surface area contributed by atoms with Crippen LogP contribution in [0.4, 0.5) is 0 Å². The molecule has 0 spiro atoms. The Morgan fingerprint density at radius 3 is 1.05 bits per heavy atom. The van der Waals surface area contributed by atoms with E-state index in [9.17, 15) is 45.6 Å². The zero-order valence-corrected chi connectivity index (χ0v) is 63.3. The van der Waals surface area contributed by atoms with E-state index >= 15 is 0 Å². The van der Waals surface area contributed by atoms with Crippen molar-refractivity contribution in [3.8, 4) is 0 Å². The first kappa shape index (κ1) is 93.0. The van der Waals surface area contributed by atoms with Gasteiger partial charge in [-0.15, -0.1) is 0 Å². The van der Waals surface area contributed by atoms with E-state index in [4.69, 9.17) is 18.9 Å². The second-order valence-corrected chi connectivity index (χ2v) is 27.8. The molecule has 2 heterocycles. The lowest BCUT2D eigenvalue weighted by atomic mass is 9.97. The van der Waals surface area contributed by atoms with Crippen LogP contribution in [0.25, 0.3) is 0 Å². The summed E-state index contributed by atoms with van der Waals surface area (Å²) < 4.78 is 22.9. The first-order valence-corrected chi connectivity index (χ1v) is 40.6. The Morgan fingerprint density at radius 1 is 0.366 bits per heavy atom. The Balaban J connectivity index is 1.64. The van der Waals surface area contributed by atoms with E-state index in [1.54, 1.807) is 6.08 Å². The van der Waals surface area contributed by atoms with Crippen molar-refractivity contribution in [2.75, 3.05) is 19.8 Å². The maximum absolute atomic E-state index is 13.4. The van der Waals surface area contributed by atoms with Gasteiger partial charge < -0.3 is 65.1 Å². The number of aliphatic hydroxyl groups is 8. The van der Waals surface area contributed by atoms with Crippen LogP contribution in [0.1, 0.15) is 303 Å². The standard InChI is InChI=1S/C87H147NO13/c1-3-5-7-9-11-13-15-17-19-21-23-25-27-29-31-32-33-34-35-36-37-38-39-40-41-42-43-44-45-47-49-51-53-55-57-59-61-63-65-67-69-71-79(92)88-75(74-98-86-84(97)82(95)85(78(73-90)100-86)101-87-83(96)81(94)80(93)77(72-89)99-87)76(91)70-68-66-64-62-60-58-56-54-52-50-48-46-30-28-26-24-22-20-18-16-14-12-10-8-6-4-2/h5,7,11,13,17,19,23,25,29,31,33-34,36-37,39-40,42-43,45,47,51,53,68,70,75-78,80-87,89-91,93-97H,3-4,6,8-10,12,14-16,18,20-22,24,26-28,30,32,35,38,41,44,46,48-50,52,54-67,69,71-74H2,1-2H3,(H,88,92)/b7-5-,13-11-,19-17-,25-23-,31-29-,34-33-,37-36-,40-39-,43-42-,47-45-,53-51-,70-68+. The van der Waals surface area contributed by atoms with Crippen molar-refractivity contribution in [3.63, 3.8) is 0 Å². The average molecular weight is 1420 g/mol. The molecule has 12 atom stereocenters. The lowest BCUT2D eigenvalue weighted by Crippen LogP contribution is -2.65. The minimum Gasteiger partial charge on any atom is -0.394 e. The average Bonchev–Trinajstić information content (AvgIpc) is 0.792. The normalized spacial score (nSPS) is 22.6. The zero-order valence-electron chi connectivity index (χ0n) is 63.3. The molecule has 9 N–H and O–H groups in total. The lowest BCUT2D eigenvalue weighted by Gasteiger charge is -2.46. The summed E-state index contributed by atoms with van der Waals surface area (Å²) in [4.78, 5) is 13.4. The monoisotopic (exact) mass is 1410 g/mol. The Bertz CT molecular complexity index is 2260. The zero-order chi connectivity index (χ0) is 73.0. The summed E-state index contributed by atoms with van der Waals surface area (Å²) in [6.45, 7) is 2.70. The SMILES string of the molecule is CC/C=C\C/C=C\C/C=C\C/C=C\C/C=C\C/C=C\C/C=C\C/C=C\C/C=C\C/C=C\C/C=C\CCCCCCCCCC(=O)NC(COC1OC(CO)C(OC2OC(CO)C(O)C(O)C2O)C(O)C1O)C(O)/C=C/CCCCCCCCCCCCCCCCCCCCCCCCCC. The van der Waals surface area contributed by atoms with Crippen LogP contribution in [0.2, 0.25) is 0 Å². The first-order chi connectivity index (χ1) is 49.6. The van der Waals surface area contributed by atoms with Crippen molar-refractivity contribution >= 4 is 5.91 Å². The van der Waals surface area contributed by atoms with E-state index in [-0.39, 0.29) is 18.9 Å². The van der Waals surface area contributed by atoms with Gasteiger partial charge in [-0.2, -0.15) is 0 Å². The number of hydrogen-bond donors (Lipinski definition) is 9. The summed E-state index contributed by atoms with van der Waals surface area (Å²) in [6.07, 6.45) is 87.7. The van der Waals surface area contributed by atoms with Crippen LogP contribution >= 0.6 is 0 Å². The molecule has 0 aliphatic carbocycles. The topological polar surface area (TPSA) is 228 Å². The summed E-state index contributed by atoms with van der Waals surface area (Å²) >= 11 is 0. The van der Waals surface area contributed by atoms with E-state index in [1.807, 2.05) is 6.08 Å². The summed E-state index contributed by atoms with van der Waals surface area (Å²) in [5.41, 5.74) is 0. The van der Waals surface area contributed by atoms with Gasteiger partial charge in [0.25, 0.3) is 0 Å². The molecule has 0 radical (unpaired) electrons. The van der Waals surface area contributed by atoms with E-state index in [0.717, 1.165) is 135 Å². The van der Waals surface area contributed by atoms with Gasteiger partial charge in [0.1, 0.15) is 48.8 Å². The number of aliphatic hydroxyl groups excluding tert-OH is 8. The molecule has 2 fully saturated rings. The largest absolute Gasteiger partial charge is 0.394 e. The second kappa shape index (κ2) is 68.9. The van der Waals surface area contributed by atoms with Crippen LogP contribution in [0, 0.1) is 0 Å². The molecule has 0 aromatic carbocycles. The lowest BCUT2D eigenvalue weighted by molar-refractivity contribution is -0.359. The van der Waals surface area contributed by atoms with Crippen LogP contribution in [0.3, 0.4) is 0 Å². The fraction of sp³-hybridized carbons (Fsp3) is 0.713. The molecule has 12 unspecified atom stereocenters. The molecule has 0 aromatic rings. The van der Waals surface area contributed by atoms with E-state index in [1.165, 1.54) is 141 Å². The predicted molar refractivity (Wildman–Crippen MR) is 419 cm³/mol. The minimum atomic E-state index is -1.80. The van der Waals surface area contributed by atoms with E-state index in [2.05, 4.69) is 153 Å². The molecule has 0 saturated carbocycles. The second-order valence-electron chi connectivity index (χ2n) is 27.8. The molecular weight excluding hydrogens is 1270 g/mol. The fourth-order valence-electron chi connectivity index (χ4n) is 12.4. The first-order valence-electron chi connectivity index (χ1n) is 40.6. The van der Waals surface area contributed by atoms with E-state index < -0.39 is 86.8 Å². The van der Waals surface area contributed by atoms with Crippen molar-refractivity contribution in [1.82, 2.24) is 5.32 Å². The van der Waals surface area contributed by atoms with Gasteiger partial charge in [0.2, 0.25) is 5.91 Å². The van der Waals surface area contributed by atoms with Crippen molar-refractivity contribution in [2.45, 2.75) is 376 Å². The van der Waals surface area contributed by atoms with Crippen LogP contribution in [-0.2, 0) is 23.7 Å². The maximum Gasteiger partial charge on any atom is 0.220 e. The van der Waals surface area contributed by atoms with E-state index in [0.29, 0.717) is 6.42 Å². The van der Waals surface area contributed by atoms with Gasteiger partial charge in [0.05, 0.1) is 32.0 Å². The number of ether oxygens (including phenoxy) is 4. The van der Waals surface area contributed by atoms with Crippen molar-refractivity contribution in [2.24, 2.45) is 0 Å². The van der Waals surface area contributed by atoms with Gasteiger partial charge in [-0.3, -0.25) is 4.79 Å². The summed E-state index contributed by atoms with van der Waals surface area (Å²) in [6, 6.07) is -0.933. The summed E-state index contributed by atoms with van der Waals surface area (Å²) in [5, 5.41) is 87.7. The van der Waals surface area contributed by atoms with Gasteiger partial charge in [-0.1, -0.05) is 339 Å². The number of amides is 1. The Hall–Kier alpha value is -4.13. The fourth-order valence-corrected chi connectivity index (χ4v) is 12.4. The molecule has 578 valence electrons. The van der Waals surface area contributed by atoms with Crippen LogP contribution in [0.15, 0.2) is 146 Å². The number of carbonyl (C=O) groups excluding carboxylic acids is 1. The van der Waals surface area contributed by atoms with Gasteiger partial charge in [-0.05, 0) is 103 Å². The summed E-state index contributed by atoms with van der Waals surface area (Å²) in [7, 11) is 0. The van der Waals surface area contributed by atoms with Crippen LogP contribution < -0.4 is 5.32 Å². The summed E-state index contributed by atoms with van der Waals surface area (Å²) in [5.74, 6) is -0.253. The Morgan fingerprint density at radius 2 is 0.683 bits per heavy atom. The molecule has 14 nitrogen and oxygen atoms in total. The molecule has 0 aromatic heterocycles. The Labute approximate surface area is 614 Å². The number of nitrogens with one attached hydrogen (secondary N) is 1. The molecule has 2 aliphatic heterocycles. The van der Waals surface area contributed by atoms with Crippen LogP contribution in [-0.4, -0.2) is 140 Å². The highest BCUT2D eigenvalue weighted by Crippen LogP contribution is 2.30. The number of rotatable bonds is 66. The smallest absolute Gasteiger partial charge is 0.220 e. The molecule has 2 aliphatic rings.